The van der Waals surface area contributed by atoms with Gasteiger partial charge in [0, 0.05) is 12.4 Å². The van der Waals surface area contributed by atoms with Crippen molar-refractivity contribution in [2.24, 2.45) is 10.1 Å². The lowest BCUT2D eigenvalue weighted by Crippen LogP contribution is -2.19. The fourth-order valence-corrected chi connectivity index (χ4v) is 2.41. The van der Waals surface area contributed by atoms with Crippen LogP contribution in [-0.2, 0) is 0 Å². The van der Waals surface area contributed by atoms with Gasteiger partial charge in [0.15, 0.2) is 5.84 Å². The summed E-state index contributed by atoms with van der Waals surface area (Å²) in [7, 11) is 0. The highest BCUT2D eigenvalue weighted by Gasteiger charge is 2.04. The minimum absolute atomic E-state index is 0.564. The molecule has 5 nitrogen and oxygen atoms in total. The molecule has 1 N–H and O–H groups in total. The van der Waals surface area contributed by atoms with Crippen molar-refractivity contribution in [1.82, 2.24) is 10.4 Å². The zero-order valence-corrected chi connectivity index (χ0v) is 15.7. The Morgan fingerprint density at radius 2 is 1.79 bits per heavy atom. The van der Waals surface area contributed by atoms with E-state index in [0.717, 1.165) is 17.0 Å². The van der Waals surface area contributed by atoms with Crippen molar-refractivity contribution >= 4 is 23.8 Å². The van der Waals surface area contributed by atoms with E-state index < -0.39 is 0 Å². The van der Waals surface area contributed by atoms with E-state index >= 15 is 0 Å². The topological polar surface area (TPSA) is 58.9 Å². The van der Waals surface area contributed by atoms with Crippen LogP contribution in [0.4, 0.5) is 5.69 Å². The molecule has 1 heterocycles. The van der Waals surface area contributed by atoms with Crippen LogP contribution in [0.3, 0.4) is 0 Å². The third-order valence-corrected chi connectivity index (χ3v) is 3.72. The number of amidine groups is 1. The van der Waals surface area contributed by atoms with Gasteiger partial charge in [-0.05, 0) is 55.0 Å². The van der Waals surface area contributed by atoms with Crippen LogP contribution in [0.2, 0.25) is 0 Å². The lowest BCUT2D eigenvalue weighted by atomic mass is 10.2. The van der Waals surface area contributed by atoms with Crippen molar-refractivity contribution < 1.29 is 4.74 Å². The number of nitrogens with zero attached hydrogens (tertiary/aromatic N) is 3. The maximum atomic E-state index is 5.47. The van der Waals surface area contributed by atoms with Crippen molar-refractivity contribution in [2.75, 3.05) is 6.61 Å². The minimum Gasteiger partial charge on any atom is -0.494 e. The molecule has 0 bridgehead atoms. The molecule has 0 spiro atoms. The minimum atomic E-state index is 0.564. The van der Waals surface area contributed by atoms with Crippen molar-refractivity contribution in [2.45, 2.75) is 6.92 Å². The van der Waals surface area contributed by atoms with Crippen LogP contribution in [0.1, 0.15) is 18.2 Å². The molecule has 3 aromatic rings. The normalized spacial score (nSPS) is 11.8. The van der Waals surface area contributed by atoms with E-state index in [9.17, 15) is 0 Å². The van der Waals surface area contributed by atoms with E-state index in [1.807, 2.05) is 91.9 Å². The SMILES string of the molecule is CCOc1ccc(N=C(N/N=C\C=C\c2ccccc2)c2ccccn2)cc1. The van der Waals surface area contributed by atoms with Gasteiger partial charge in [-0.15, -0.1) is 0 Å². The quantitative estimate of drug-likeness (QED) is 0.367. The number of allylic oxidation sites excluding steroid dienone is 1. The zero-order valence-electron chi connectivity index (χ0n) is 15.7. The van der Waals surface area contributed by atoms with Gasteiger partial charge in [-0.3, -0.25) is 10.4 Å². The molecule has 0 aliphatic carbocycles. The number of nitrogens with one attached hydrogen (secondary N) is 1. The number of benzene rings is 2. The first-order chi connectivity index (χ1) is 13.8. The number of aromatic nitrogens is 1. The molecule has 0 amide bonds. The fourth-order valence-electron chi connectivity index (χ4n) is 2.41. The molecule has 0 saturated heterocycles. The standard InChI is InChI=1S/C23H22N4O/c1-2-28-21-15-13-20(14-16-21)26-23(22-12-6-7-17-24-22)27-25-18-8-11-19-9-4-3-5-10-19/h3-18H,2H2,1H3,(H,26,27)/b11-8+,25-18-. The number of hydrogen-bond donors (Lipinski definition) is 1. The Balaban J connectivity index is 1.74. The Kier molecular flexibility index (Phi) is 7.09. The van der Waals surface area contributed by atoms with Crippen LogP contribution in [0, 0.1) is 0 Å². The number of aliphatic imine (C=N–C) groups is 1. The third kappa shape index (κ3) is 5.92. The molecule has 0 fully saturated rings. The van der Waals surface area contributed by atoms with E-state index in [4.69, 9.17) is 4.74 Å². The van der Waals surface area contributed by atoms with Crippen LogP contribution in [0.15, 0.2) is 95.2 Å². The molecular weight excluding hydrogens is 348 g/mol. The van der Waals surface area contributed by atoms with Gasteiger partial charge in [-0.25, -0.2) is 4.99 Å². The van der Waals surface area contributed by atoms with Crippen molar-refractivity contribution in [3.8, 4) is 5.75 Å². The van der Waals surface area contributed by atoms with Crippen LogP contribution >= 0.6 is 0 Å². The molecule has 1 aromatic heterocycles. The Labute approximate surface area is 165 Å². The first-order valence-corrected chi connectivity index (χ1v) is 9.09. The summed E-state index contributed by atoms with van der Waals surface area (Å²) in [5.74, 6) is 1.38. The van der Waals surface area contributed by atoms with Gasteiger partial charge in [0.1, 0.15) is 11.4 Å². The summed E-state index contributed by atoms with van der Waals surface area (Å²) in [6, 6.07) is 23.3. The summed E-state index contributed by atoms with van der Waals surface area (Å²) in [6.07, 6.45) is 7.26. The Morgan fingerprint density at radius 3 is 2.50 bits per heavy atom. The van der Waals surface area contributed by atoms with Crippen molar-refractivity contribution in [1.29, 1.82) is 0 Å². The molecule has 2 aromatic carbocycles. The van der Waals surface area contributed by atoms with Crippen LogP contribution < -0.4 is 10.2 Å². The average molecular weight is 370 g/mol. The second-order valence-electron chi connectivity index (χ2n) is 5.76. The molecule has 140 valence electrons. The van der Waals surface area contributed by atoms with E-state index in [-0.39, 0.29) is 0 Å². The molecule has 5 heteroatoms. The van der Waals surface area contributed by atoms with Gasteiger partial charge in [-0.1, -0.05) is 42.5 Å². The highest BCUT2D eigenvalue weighted by atomic mass is 16.5. The number of ether oxygens (including phenoxy) is 1. The number of hydrogen-bond acceptors (Lipinski definition) is 4. The van der Waals surface area contributed by atoms with E-state index in [2.05, 4.69) is 20.5 Å². The second-order valence-corrected chi connectivity index (χ2v) is 5.76. The molecule has 28 heavy (non-hydrogen) atoms. The molecule has 3 rings (SSSR count). The fraction of sp³-hybridized carbons (Fsp3) is 0.0870. The van der Waals surface area contributed by atoms with Gasteiger partial charge in [0.05, 0.1) is 12.3 Å². The summed E-state index contributed by atoms with van der Waals surface area (Å²) in [6.45, 7) is 2.59. The molecule has 0 atom stereocenters. The van der Waals surface area contributed by atoms with Crippen LogP contribution in [0.25, 0.3) is 6.08 Å². The monoisotopic (exact) mass is 370 g/mol. The van der Waals surface area contributed by atoms with Crippen LogP contribution in [-0.4, -0.2) is 23.6 Å². The first kappa shape index (κ1) is 19.0. The maximum Gasteiger partial charge on any atom is 0.172 e. The lowest BCUT2D eigenvalue weighted by Gasteiger charge is -2.06. The third-order valence-electron chi connectivity index (χ3n) is 3.72. The molecular formula is C23H22N4O. The zero-order chi connectivity index (χ0) is 19.4. The Morgan fingerprint density at radius 1 is 1.00 bits per heavy atom. The lowest BCUT2D eigenvalue weighted by molar-refractivity contribution is 0.340. The van der Waals surface area contributed by atoms with Crippen molar-refractivity contribution in [3.05, 3.63) is 96.3 Å². The average Bonchev–Trinajstić information content (AvgIpc) is 2.75. The number of rotatable bonds is 7. The highest BCUT2D eigenvalue weighted by molar-refractivity contribution is 5.99. The van der Waals surface area contributed by atoms with E-state index in [1.54, 1.807) is 12.4 Å². The smallest absolute Gasteiger partial charge is 0.172 e. The predicted molar refractivity (Wildman–Crippen MR) is 115 cm³/mol. The summed E-state index contributed by atoms with van der Waals surface area (Å²) in [4.78, 5) is 8.99. The first-order valence-electron chi connectivity index (χ1n) is 9.09. The maximum absolute atomic E-state index is 5.47. The number of hydrazone groups is 1. The summed E-state index contributed by atoms with van der Waals surface area (Å²) in [5, 5.41) is 4.25. The Hall–Kier alpha value is -3.73. The van der Waals surface area contributed by atoms with E-state index in [0.29, 0.717) is 18.1 Å². The summed E-state index contributed by atoms with van der Waals surface area (Å²) in [5.41, 5.74) is 5.59. The van der Waals surface area contributed by atoms with Gasteiger partial charge in [0.2, 0.25) is 0 Å². The number of pyridine rings is 1. The Bertz CT molecular complexity index is 933. The van der Waals surface area contributed by atoms with E-state index in [1.165, 1.54) is 0 Å². The van der Waals surface area contributed by atoms with Crippen LogP contribution in [0.5, 0.6) is 5.75 Å². The highest BCUT2D eigenvalue weighted by Crippen LogP contribution is 2.18. The molecule has 0 saturated carbocycles. The largest absolute Gasteiger partial charge is 0.494 e. The predicted octanol–water partition coefficient (Wildman–Crippen LogP) is 4.85. The second kappa shape index (κ2) is 10.4. The van der Waals surface area contributed by atoms with Crippen molar-refractivity contribution in [3.63, 3.8) is 0 Å². The molecule has 0 aliphatic heterocycles. The summed E-state index contributed by atoms with van der Waals surface area (Å²) >= 11 is 0. The summed E-state index contributed by atoms with van der Waals surface area (Å²) < 4.78 is 5.47. The molecule has 0 aliphatic rings. The van der Waals surface area contributed by atoms with Gasteiger partial charge in [-0.2, -0.15) is 5.10 Å². The van der Waals surface area contributed by atoms with Gasteiger partial charge in [0.25, 0.3) is 0 Å². The van der Waals surface area contributed by atoms with Gasteiger partial charge >= 0.3 is 0 Å². The molecule has 0 radical (unpaired) electrons. The van der Waals surface area contributed by atoms with Gasteiger partial charge < -0.3 is 4.74 Å². The molecule has 0 unspecified atom stereocenters.